The van der Waals surface area contributed by atoms with Crippen LogP contribution in [0.1, 0.15) is 47.3 Å². The number of ether oxygens (including phenoxy) is 1. The van der Waals surface area contributed by atoms with Crippen molar-refractivity contribution in [2.24, 2.45) is 5.92 Å². The highest BCUT2D eigenvalue weighted by Crippen LogP contribution is 2.33. The van der Waals surface area contributed by atoms with Gasteiger partial charge in [0.1, 0.15) is 0 Å². The molecule has 1 fully saturated rings. The van der Waals surface area contributed by atoms with Gasteiger partial charge in [0, 0.05) is 37.3 Å². The Morgan fingerprint density at radius 2 is 1.62 bits per heavy atom. The predicted molar refractivity (Wildman–Crippen MR) is 156 cm³/mol. The lowest BCUT2D eigenvalue weighted by molar-refractivity contribution is 0.0526. The molecule has 1 aliphatic rings. The number of amides is 2. The van der Waals surface area contributed by atoms with Crippen LogP contribution in [-0.4, -0.2) is 43.1 Å². The summed E-state index contributed by atoms with van der Waals surface area (Å²) >= 11 is 0. The highest BCUT2D eigenvalue weighted by Gasteiger charge is 2.36. The number of carbonyl (C=O) groups is 2. The summed E-state index contributed by atoms with van der Waals surface area (Å²) in [5.74, 6) is 0.130. The highest BCUT2D eigenvalue weighted by molar-refractivity contribution is 5.92. The molecule has 4 aromatic carbocycles. The second kappa shape index (κ2) is 12.1. The van der Waals surface area contributed by atoms with Crippen molar-refractivity contribution < 1.29 is 14.3 Å². The molecule has 5 rings (SSSR count). The maximum Gasteiger partial charge on any atom is 0.338 e. The van der Waals surface area contributed by atoms with Gasteiger partial charge in [-0.15, -0.1) is 0 Å². The average Bonchev–Trinajstić information content (AvgIpc) is 3.41. The third kappa shape index (κ3) is 6.13. The highest BCUT2D eigenvalue weighted by atomic mass is 16.5. The van der Waals surface area contributed by atoms with Gasteiger partial charge in [0.05, 0.1) is 12.2 Å². The minimum atomic E-state index is -0.367. The van der Waals surface area contributed by atoms with E-state index in [4.69, 9.17) is 4.74 Å². The third-order valence-electron chi connectivity index (χ3n) is 7.58. The van der Waals surface area contributed by atoms with E-state index in [2.05, 4.69) is 84.3 Å². The number of nitrogens with zero attached hydrogens (tertiary/aromatic N) is 1. The molecule has 0 spiro atoms. The molecule has 6 nitrogen and oxygen atoms in total. The molecule has 0 bridgehead atoms. The lowest BCUT2D eigenvalue weighted by Gasteiger charge is -2.23. The Bertz CT molecular complexity index is 1420. The normalized spacial score (nSPS) is 17.6. The molecule has 0 saturated carbocycles. The van der Waals surface area contributed by atoms with Gasteiger partial charge in [-0.05, 0) is 65.9 Å². The van der Waals surface area contributed by atoms with Crippen LogP contribution in [0.2, 0.25) is 0 Å². The number of fused-ring (bicyclic) bond motifs is 1. The van der Waals surface area contributed by atoms with Crippen molar-refractivity contribution in [2.45, 2.75) is 25.8 Å². The SMILES string of the molecule is CCOC(=O)c1ccc(NC(=O)N2C[C@@H](CN[C@H](C)c3cccc4ccccc34)[C@@H](c3ccccc3)C2)cc1. The van der Waals surface area contributed by atoms with Crippen molar-refractivity contribution in [1.29, 1.82) is 0 Å². The first-order valence-corrected chi connectivity index (χ1v) is 13.6. The third-order valence-corrected chi connectivity index (χ3v) is 7.58. The molecule has 3 atom stereocenters. The molecule has 39 heavy (non-hydrogen) atoms. The fourth-order valence-corrected chi connectivity index (χ4v) is 5.49. The largest absolute Gasteiger partial charge is 0.462 e. The van der Waals surface area contributed by atoms with Crippen LogP contribution in [-0.2, 0) is 4.74 Å². The number of urea groups is 1. The summed E-state index contributed by atoms with van der Waals surface area (Å²) in [7, 11) is 0. The van der Waals surface area contributed by atoms with Gasteiger partial charge >= 0.3 is 12.0 Å². The molecule has 4 aromatic rings. The van der Waals surface area contributed by atoms with Crippen LogP contribution in [0.4, 0.5) is 10.5 Å². The number of benzene rings is 4. The minimum Gasteiger partial charge on any atom is -0.462 e. The van der Waals surface area contributed by atoms with E-state index in [1.54, 1.807) is 31.2 Å². The van der Waals surface area contributed by atoms with Gasteiger partial charge in [0.15, 0.2) is 0 Å². The van der Waals surface area contributed by atoms with Crippen LogP contribution >= 0.6 is 0 Å². The molecule has 6 heteroatoms. The van der Waals surface area contributed by atoms with E-state index in [1.807, 2.05) is 11.0 Å². The quantitative estimate of drug-likeness (QED) is 0.256. The van der Waals surface area contributed by atoms with E-state index in [0.29, 0.717) is 30.9 Å². The van der Waals surface area contributed by atoms with E-state index < -0.39 is 0 Å². The van der Waals surface area contributed by atoms with Crippen molar-refractivity contribution >= 4 is 28.5 Å². The zero-order chi connectivity index (χ0) is 27.2. The maximum atomic E-state index is 13.3. The van der Waals surface area contributed by atoms with Crippen molar-refractivity contribution in [1.82, 2.24) is 10.2 Å². The molecule has 0 unspecified atom stereocenters. The predicted octanol–water partition coefficient (Wildman–Crippen LogP) is 6.61. The van der Waals surface area contributed by atoms with Gasteiger partial charge in [0.2, 0.25) is 0 Å². The summed E-state index contributed by atoms with van der Waals surface area (Å²) in [6.07, 6.45) is 0. The second-order valence-electron chi connectivity index (χ2n) is 10.1. The Labute approximate surface area is 230 Å². The van der Waals surface area contributed by atoms with Crippen molar-refractivity contribution in [3.63, 3.8) is 0 Å². The van der Waals surface area contributed by atoms with Gasteiger partial charge in [0.25, 0.3) is 0 Å². The molecule has 1 saturated heterocycles. The fraction of sp³-hybridized carbons (Fsp3) is 0.273. The Morgan fingerprint density at radius 3 is 2.38 bits per heavy atom. The summed E-state index contributed by atoms with van der Waals surface area (Å²) in [5.41, 5.74) is 3.64. The number of likely N-dealkylation sites (tertiary alicyclic amines) is 1. The van der Waals surface area contributed by atoms with Crippen LogP contribution in [0.5, 0.6) is 0 Å². The average molecular weight is 522 g/mol. The topological polar surface area (TPSA) is 70.7 Å². The summed E-state index contributed by atoms with van der Waals surface area (Å²) in [5, 5.41) is 9.27. The smallest absolute Gasteiger partial charge is 0.338 e. The summed E-state index contributed by atoms with van der Waals surface area (Å²) < 4.78 is 5.04. The Morgan fingerprint density at radius 1 is 0.897 bits per heavy atom. The maximum absolute atomic E-state index is 13.3. The first kappa shape index (κ1) is 26.4. The molecule has 0 aromatic heterocycles. The molecular weight excluding hydrogens is 486 g/mol. The van der Waals surface area contributed by atoms with Crippen LogP contribution < -0.4 is 10.6 Å². The van der Waals surface area contributed by atoms with Crippen LogP contribution in [0.25, 0.3) is 10.8 Å². The molecule has 1 aliphatic heterocycles. The first-order chi connectivity index (χ1) is 19.0. The molecule has 2 amide bonds. The zero-order valence-corrected chi connectivity index (χ0v) is 22.5. The number of hydrogen-bond donors (Lipinski definition) is 2. The number of nitrogens with one attached hydrogen (secondary N) is 2. The number of hydrogen-bond acceptors (Lipinski definition) is 4. The lowest BCUT2D eigenvalue weighted by atomic mass is 9.88. The van der Waals surface area contributed by atoms with E-state index in [9.17, 15) is 9.59 Å². The Balaban J connectivity index is 1.27. The van der Waals surface area contributed by atoms with Gasteiger partial charge < -0.3 is 20.3 Å². The van der Waals surface area contributed by atoms with Gasteiger partial charge in [-0.1, -0.05) is 72.8 Å². The molecule has 0 aliphatic carbocycles. The summed E-state index contributed by atoms with van der Waals surface area (Å²) in [6, 6.07) is 32.2. The van der Waals surface area contributed by atoms with E-state index in [1.165, 1.54) is 21.9 Å². The molecule has 1 heterocycles. The van der Waals surface area contributed by atoms with Crippen LogP contribution in [0.15, 0.2) is 97.1 Å². The first-order valence-electron chi connectivity index (χ1n) is 13.6. The molecule has 200 valence electrons. The Kier molecular flexibility index (Phi) is 8.23. The number of anilines is 1. The van der Waals surface area contributed by atoms with Gasteiger partial charge in [-0.3, -0.25) is 0 Å². The van der Waals surface area contributed by atoms with Gasteiger partial charge in [-0.2, -0.15) is 0 Å². The van der Waals surface area contributed by atoms with E-state index in [0.717, 1.165) is 6.54 Å². The molecule has 2 N–H and O–H groups in total. The summed E-state index contributed by atoms with van der Waals surface area (Å²) in [6.45, 7) is 6.40. The fourth-order valence-electron chi connectivity index (χ4n) is 5.49. The van der Waals surface area contributed by atoms with Gasteiger partial charge in [-0.25, -0.2) is 9.59 Å². The summed E-state index contributed by atoms with van der Waals surface area (Å²) in [4.78, 5) is 27.1. The Hall–Kier alpha value is -4.16. The standard InChI is InChI=1S/C33H35N3O3/c1-3-39-32(37)26-16-18-28(19-17-26)35-33(38)36-21-27(31(22-36)25-10-5-4-6-11-25)20-34-23(2)29-15-9-13-24-12-7-8-14-30(24)29/h4-19,23,27,31,34H,3,20-22H2,1-2H3,(H,35,38)/t23-,27-,31-/m1/s1. The van der Waals surface area contributed by atoms with Crippen molar-refractivity contribution in [2.75, 3.05) is 31.6 Å². The number of esters is 1. The zero-order valence-electron chi connectivity index (χ0n) is 22.5. The van der Waals surface area contributed by atoms with Crippen molar-refractivity contribution in [3.05, 3.63) is 114 Å². The minimum absolute atomic E-state index is 0.135. The molecular formula is C33H35N3O3. The number of rotatable bonds is 8. The number of carbonyl (C=O) groups excluding carboxylic acids is 2. The molecule has 0 radical (unpaired) electrons. The monoisotopic (exact) mass is 521 g/mol. The van der Waals surface area contributed by atoms with Crippen LogP contribution in [0.3, 0.4) is 0 Å². The van der Waals surface area contributed by atoms with Crippen LogP contribution in [0, 0.1) is 5.92 Å². The van der Waals surface area contributed by atoms with E-state index in [-0.39, 0.29) is 29.9 Å². The van der Waals surface area contributed by atoms with Crippen molar-refractivity contribution in [3.8, 4) is 0 Å². The van der Waals surface area contributed by atoms with E-state index >= 15 is 0 Å². The second-order valence-corrected chi connectivity index (χ2v) is 10.1. The lowest BCUT2D eigenvalue weighted by Crippen LogP contribution is -2.34.